The van der Waals surface area contributed by atoms with Gasteiger partial charge in [-0.2, -0.15) is 0 Å². The van der Waals surface area contributed by atoms with Crippen LogP contribution in [-0.2, 0) is 13.0 Å². The van der Waals surface area contributed by atoms with Crippen LogP contribution in [0.4, 0.5) is 0 Å². The summed E-state index contributed by atoms with van der Waals surface area (Å²) in [4.78, 5) is 20.8. The van der Waals surface area contributed by atoms with E-state index in [4.69, 9.17) is 34.8 Å². The number of rotatable bonds is 6. The van der Waals surface area contributed by atoms with Crippen LogP contribution in [0.25, 0.3) is 11.4 Å². The lowest BCUT2D eigenvalue weighted by Crippen LogP contribution is -2.25. The normalized spacial score (nSPS) is 13.6. The van der Waals surface area contributed by atoms with Crippen molar-refractivity contribution in [3.8, 4) is 11.4 Å². The second-order valence-electron chi connectivity index (χ2n) is 7.60. The van der Waals surface area contributed by atoms with Gasteiger partial charge >= 0.3 is 5.69 Å². The van der Waals surface area contributed by atoms with E-state index in [1.54, 1.807) is 35.0 Å². The van der Waals surface area contributed by atoms with Crippen LogP contribution in [0.2, 0.25) is 15.1 Å². The molecule has 2 aromatic carbocycles. The Balaban J connectivity index is 1.43. The lowest BCUT2D eigenvalue weighted by molar-refractivity contribution is 0.618. The van der Waals surface area contributed by atoms with Crippen molar-refractivity contribution in [3.63, 3.8) is 0 Å². The quantitative estimate of drug-likeness (QED) is 0.408. The Morgan fingerprint density at radius 3 is 2.42 bits per heavy atom. The molecule has 2 heterocycles. The first-order valence-electron chi connectivity index (χ1n) is 9.90. The van der Waals surface area contributed by atoms with Gasteiger partial charge in [-0.15, -0.1) is 5.10 Å². The molecule has 31 heavy (non-hydrogen) atoms. The summed E-state index contributed by atoms with van der Waals surface area (Å²) in [5.41, 5.74) is 2.33. The van der Waals surface area contributed by atoms with Crippen LogP contribution in [-0.4, -0.2) is 24.3 Å². The van der Waals surface area contributed by atoms with E-state index in [1.165, 1.54) is 4.68 Å². The lowest BCUT2D eigenvalue weighted by atomic mass is 10.1. The summed E-state index contributed by atoms with van der Waals surface area (Å²) in [6.07, 6.45) is 4.16. The van der Waals surface area contributed by atoms with E-state index in [1.807, 2.05) is 18.2 Å². The van der Waals surface area contributed by atoms with Crippen LogP contribution in [0.1, 0.15) is 36.0 Å². The minimum Gasteiger partial charge on any atom is -0.344 e. The van der Waals surface area contributed by atoms with Gasteiger partial charge in [0.05, 0.1) is 18.4 Å². The SMILES string of the molecule is O=c1n(Cc2cnc(Cc3c(Cl)cccc3Cl)[nH]2)nc(-c2ccc(Cl)cc2)n1C1CC1. The Kier molecular flexibility index (Phi) is 5.38. The topological polar surface area (TPSA) is 68.5 Å². The fraction of sp³-hybridized carbons (Fsp3) is 0.227. The molecule has 0 amide bonds. The van der Waals surface area contributed by atoms with Gasteiger partial charge in [-0.3, -0.25) is 4.57 Å². The number of aromatic amines is 1. The minimum absolute atomic E-state index is 0.127. The highest BCUT2D eigenvalue weighted by molar-refractivity contribution is 6.36. The third kappa shape index (κ3) is 4.15. The number of imidazole rings is 1. The Labute approximate surface area is 193 Å². The number of aromatic nitrogens is 5. The average Bonchev–Trinajstić information content (AvgIpc) is 3.40. The van der Waals surface area contributed by atoms with E-state index < -0.39 is 0 Å². The van der Waals surface area contributed by atoms with E-state index in [9.17, 15) is 4.79 Å². The molecule has 0 saturated heterocycles. The van der Waals surface area contributed by atoms with Crippen molar-refractivity contribution < 1.29 is 0 Å². The Hall–Kier alpha value is -2.54. The highest BCUT2D eigenvalue weighted by Crippen LogP contribution is 2.36. The van der Waals surface area contributed by atoms with Gasteiger partial charge in [0.2, 0.25) is 0 Å². The molecule has 4 aromatic rings. The van der Waals surface area contributed by atoms with Crippen molar-refractivity contribution in [2.24, 2.45) is 0 Å². The standard InChI is InChI=1S/C22H18Cl3N5O/c23-14-6-4-13(5-7-14)21-28-29(22(31)30(21)16-8-9-16)12-15-11-26-20(27-15)10-17-18(24)2-1-3-19(17)25/h1-7,11,16H,8-10,12H2,(H,26,27). The fourth-order valence-corrected chi connectivity index (χ4v) is 4.24. The number of H-pyrrole nitrogens is 1. The first kappa shape index (κ1) is 20.4. The highest BCUT2D eigenvalue weighted by atomic mass is 35.5. The third-order valence-electron chi connectivity index (χ3n) is 5.29. The lowest BCUT2D eigenvalue weighted by Gasteiger charge is -2.04. The first-order chi connectivity index (χ1) is 15.0. The van der Waals surface area contributed by atoms with Crippen molar-refractivity contribution in [1.82, 2.24) is 24.3 Å². The average molecular weight is 475 g/mol. The van der Waals surface area contributed by atoms with Gasteiger partial charge in [-0.25, -0.2) is 14.5 Å². The molecule has 1 saturated carbocycles. The first-order valence-corrected chi connectivity index (χ1v) is 11.0. The zero-order valence-corrected chi connectivity index (χ0v) is 18.6. The fourth-order valence-electron chi connectivity index (χ4n) is 3.59. The summed E-state index contributed by atoms with van der Waals surface area (Å²) in [5.74, 6) is 1.38. The van der Waals surface area contributed by atoms with Crippen LogP contribution in [0, 0.1) is 0 Å². The van der Waals surface area contributed by atoms with Gasteiger partial charge in [0.25, 0.3) is 0 Å². The summed E-state index contributed by atoms with van der Waals surface area (Å²) in [6, 6.07) is 13.0. The van der Waals surface area contributed by atoms with Gasteiger partial charge in [-0.1, -0.05) is 40.9 Å². The highest BCUT2D eigenvalue weighted by Gasteiger charge is 2.30. The maximum atomic E-state index is 13.1. The summed E-state index contributed by atoms with van der Waals surface area (Å²) < 4.78 is 3.26. The molecule has 0 atom stereocenters. The van der Waals surface area contributed by atoms with E-state index in [0.29, 0.717) is 33.9 Å². The third-order valence-corrected chi connectivity index (χ3v) is 6.25. The number of benzene rings is 2. The molecular formula is C22H18Cl3N5O. The number of hydrogen-bond donors (Lipinski definition) is 1. The van der Waals surface area contributed by atoms with Crippen molar-refractivity contribution in [3.05, 3.63) is 91.3 Å². The maximum absolute atomic E-state index is 13.1. The number of nitrogens with one attached hydrogen (secondary N) is 1. The zero-order chi connectivity index (χ0) is 21.5. The monoisotopic (exact) mass is 473 g/mol. The number of nitrogens with zero attached hydrogens (tertiary/aromatic N) is 4. The van der Waals surface area contributed by atoms with Gasteiger partial charge in [0.15, 0.2) is 5.82 Å². The van der Waals surface area contributed by atoms with Crippen LogP contribution in [0.3, 0.4) is 0 Å². The van der Waals surface area contributed by atoms with Crippen molar-refractivity contribution in [1.29, 1.82) is 0 Å². The molecule has 1 fully saturated rings. The summed E-state index contributed by atoms with van der Waals surface area (Å²) in [7, 11) is 0. The molecule has 1 aliphatic rings. The molecule has 5 rings (SSSR count). The molecule has 0 unspecified atom stereocenters. The predicted molar refractivity (Wildman–Crippen MR) is 122 cm³/mol. The second-order valence-corrected chi connectivity index (χ2v) is 8.85. The molecule has 0 aliphatic heterocycles. The van der Waals surface area contributed by atoms with Crippen molar-refractivity contribution in [2.75, 3.05) is 0 Å². The molecule has 0 bridgehead atoms. The van der Waals surface area contributed by atoms with Crippen LogP contribution >= 0.6 is 34.8 Å². The summed E-state index contributed by atoms with van der Waals surface area (Å²) in [6.45, 7) is 0.294. The predicted octanol–water partition coefficient (Wildman–Crippen LogP) is 5.37. The van der Waals surface area contributed by atoms with E-state index in [2.05, 4.69) is 15.1 Å². The van der Waals surface area contributed by atoms with Crippen molar-refractivity contribution in [2.45, 2.75) is 31.8 Å². The molecule has 158 valence electrons. The molecule has 2 aromatic heterocycles. The van der Waals surface area contributed by atoms with Crippen LogP contribution in [0.15, 0.2) is 53.5 Å². The molecule has 0 radical (unpaired) electrons. The van der Waals surface area contributed by atoms with Gasteiger partial charge < -0.3 is 4.98 Å². The van der Waals surface area contributed by atoms with Gasteiger partial charge in [0.1, 0.15) is 5.82 Å². The smallest absolute Gasteiger partial charge is 0.344 e. The molecule has 6 nitrogen and oxygen atoms in total. The van der Waals surface area contributed by atoms with E-state index in [0.717, 1.165) is 35.5 Å². The maximum Gasteiger partial charge on any atom is 0.346 e. The molecule has 1 aliphatic carbocycles. The largest absolute Gasteiger partial charge is 0.346 e. The molecule has 9 heteroatoms. The minimum atomic E-state index is -0.127. The zero-order valence-electron chi connectivity index (χ0n) is 16.4. The van der Waals surface area contributed by atoms with Gasteiger partial charge in [-0.05, 0) is 54.8 Å². The molecular weight excluding hydrogens is 457 g/mol. The van der Waals surface area contributed by atoms with Crippen molar-refractivity contribution >= 4 is 34.8 Å². The Morgan fingerprint density at radius 1 is 1.03 bits per heavy atom. The number of halogens is 3. The van der Waals surface area contributed by atoms with E-state index >= 15 is 0 Å². The van der Waals surface area contributed by atoms with Gasteiger partial charge in [0, 0.05) is 33.1 Å². The Morgan fingerprint density at radius 2 is 1.74 bits per heavy atom. The Bertz CT molecular complexity index is 1280. The summed E-state index contributed by atoms with van der Waals surface area (Å²) >= 11 is 18.6. The number of hydrogen-bond acceptors (Lipinski definition) is 3. The second kappa shape index (κ2) is 8.19. The van der Waals surface area contributed by atoms with Crippen LogP contribution in [0.5, 0.6) is 0 Å². The summed E-state index contributed by atoms with van der Waals surface area (Å²) in [5, 5.41) is 6.46. The van der Waals surface area contributed by atoms with Crippen LogP contribution < -0.4 is 5.69 Å². The molecule has 0 spiro atoms. The van der Waals surface area contributed by atoms with E-state index in [-0.39, 0.29) is 11.7 Å². The molecule has 1 N–H and O–H groups in total.